The fourth-order valence-corrected chi connectivity index (χ4v) is 9.25. The molecule has 0 saturated carbocycles. The number of hydrogen-bond acceptors (Lipinski definition) is 4. The Morgan fingerprint density at radius 1 is 0.597 bits per heavy atom. The minimum absolute atomic E-state index is 0. The first-order chi connectivity index (χ1) is 29.5. The molecule has 307 valence electrons. The number of fused-ring (bicyclic) bond motifs is 7. The Kier molecular flexibility index (Phi) is 10.6. The molecule has 0 spiro atoms. The fourth-order valence-electron chi connectivity index (χ4n) is 8.21. The van der Waals surface area contributed by atoms with Gasteiger partial charge in [-0.2, -0.15) is 0 Å². The molecule has 6 aromatic carbocycles. The maximum Gasteiger partial charge on any atom is 0.216 e. The summed E-state index contributed by atoms with van der Waals surface area (Å²) in [5, 5.41) is 5.82. The van der Waals surface area contributed by atoms with Crippen LogP contribution in [0.1, 0.15) is 26.3 Å². The number of rotatable bonds is 5. The number of benzene rings is 6. The summed E-state index contributed by atoms with van der Waals surface area (Å²) < 4.78 is 11.0. The molecular weight excluding hydrogens is 955 g/mol. The first kappa shape index (κ1) is 40.9. The Balaban J connectivity index is 0.000000244. The van der Waals surface area contributed by atoms with Gasteiger partial charge in [-0.3, -0.25) is 4.98 Å². The van der Waals surface area contributed by atoms with Crippen molar-refractivity contribution in [1.82, 2.24) is 24.1 Å². The summed E-state index contributed by atoms with van der Waals surface area (Å²) in [7, 11) is -1.23. The minimum Gasteiger partial charge on any atom is -0.486 e. The molecule has 0 amide bonds. The molecule has 5 heterocycles. The third kappa shape index (κ3) is 7.38. The molecule has 0 atom stereocenters. The largest absolute Gasteiger partial charge is 0.486 e. The average molecular weight is 1000 g/mol. The summed E-state index contributed by atoms with van der Waals surface area (Å²) in [6.45, 7) is 13.8. The van der Waals surface area contributed by atoms with Crippen LogP contribution in [0.25, 0.3) is 88.9 Å². The van der Waals surface area contributed by atoms with Gasteiger partial charge >= 0.3 is 0 Å². The zero-order chi connectivity index (χ0) is 41.9. The maximum atomic E-state index is 6.35. The molecule has 8 heteroatoms. The number of pyridine rings is 2. The van der Waals surface area contributed by atoms with Gasteiger partial charge in [-0.1, -0.05) is 112 Å². The van der Waals surface area contributed by atoms with E-state index in [0.29, 0.717) is 5.71 Å². The van der Waals surface area contributed by atoms with Crippen LogP contribution in [-0.4, -0.2) is 32.2 Å². The topological polar surface area (TPSA) is 61.7 Å². The third-order valence-corrected chi connectivity index (χ3v) is 13.5. The van der Waals surface area contributed by atoms with E-state index in [1.165, 1.54) is 27.0 Å². The second kappa shape index (κ2) is 16.1. The van der Waals surface area contributed by atoms with Crippen LogP contribution < -0.4 is 5.19 Å². The van der Waals surface area contributed by atoms with E-state index in [1.807, 2.05) is 60.8 Å². The molecule has 6 nitrogen and oxygen atoms in total. The van der Waals surface area contributed by atoms with E-state index >= 15 is 0 Å². The van der Waals surface area contributed by atoms with Crippen molar-refractivity contribution in [3.05, 3.63) is 182 Å². The van der Waals surface area contributed by atoms with Gasteiger partial charge in [-0.25, -0.2) is 4.98 Å². The number of furan rings is 1. The van der Waals surface area contributed by atoms with E-state index in [4.69, 9.17) is 9.40 Å². The first-order valence-corrected chi connectivity index (χ1v) is 24.3. The van der Waals surface area contributed by atoms with Crippen LogP contribution in [0.5, 0.6) is 0 Å². The smallest absolute Gasteiger partial charge is 0.216 e. The number of para-hydroxylation sites is 3. The quantitative estimate of drug-likeness (QED) is 0.127. The summed E-state index contributed by atoms with van der Waals surface area (Å²) in [5.41, 5.74) is 12.0. The Morgan fingerprint density at radius 3 is 2.10 bits per heavy atom. The molecule has 0 bridgehead atoms. The standard InChI is InChI=1S/C40H29N4O.C14H16NSi.Ir/c1-40(2,3)25-18-20-28-29-21-19-27(24-36(29)43(35(28)23-25)26-11-5-4-6-12-26)44-34-17-8-7-16-33(34)42-38(44)32-14-9-13-30-31-15-10-22-41-39(31)45-37(30)32;1-16(2,3)13-9-10-14(15-11-13)12-7-5-4-6-8-12;/h4-13,15-24H,1-3H3;4-7,9-11H,1-3H3;/q2*-1;. The van der Waals surface area contributed by atoms with Gasteiger partial charge in [0.1, 0.15) is 0 Å². The predicted molar refractivity (Wildman–Crippen MR) is 255 cm³/mol. The van der Waals surface area contributed by atoms with Gasteiger partial charge in [0.25, 0.3) is 0 Å². The summed E-state index contributed by atoms with van der Waals surface area (Å²) in [4.78, 5) is 14.2. The molecule has 62 heavy (non-hydrogen) atoms. The van der Waals surface area contributed by atoms with Crippen LogP contribution in [0.15, 0.2) is 168 Å². The van der Waals surface area contributed by atoms with E-state index in [1.54, 1.807) is 6.20 Å². The van der Waals surface area contributed by atoms with Gasteiger partial charge in [-0.15, -0.1) is 54.1 Å². The SMILES string of the molecule is CC(C)(C)c1ccc2c3ccc(-n4c(-c5[c-]ccc6c5oc5ncccc56)nc5ccccc54)cc3n(-c3ccccc3)c2c1.C[Si](C)(C)c1ccc(-c2[c-]cccc2)nc1.[Ir]. The monoisotopic (exact) mass is 1000 g/mol. The molecule has 0 N–H and O–H groups in total. The van der Waals surface area contributed by atoms with Crippen LogP contribution in [-0.2, 0) is 25.5 Å². The van der Waals surface area contributed by atoms with Crippen LogP contribution >= 0.6 is 0 Å². The number of imidazole rings is 1. The van der Waals surface area contributed by atoms with E-state index in [0.717, 1.165) is 66.9 Å². The van der Waals surface area contributed by atoms with Crippen molar-refractivity contribution < 1.29 is 24.5 Å². The molecule has 0 aliphatic heterocycles. The van der Waals surface area contributed by atoms with Crippen molar-refractivity contribution >= 4 is 68.2 Å². The second-order valence-corrected chi connectivity index (χ2v) is 22.7. The zero-order valence-electron chi connectivity index (χ0n) is 35.6. The molecule has 1 radical (unpaired) electrons. The Labute approximate surface area is 376 Å². The molecule has 5 aromatic heterocycles. The van der Waals surface area contributed by atoms with Gasteiger partial charge in [0.2, 0.25) is 5.71 Å². The van der Waals surface area contributed by atoms with Crippen molar-refractivity contribution in [3.8, 4) is 34.0 Å². The first-order valence-electron chi connectivity index (χ1n) is 20.8. The van der Waals surface area contributed by atoms with Crippen LogP contribution in [0, 0.1) is 12.1 Å². The van der Waals surface area contributed by atoms with Crippen molar-refractivity contribution in [2.75, 3.05) is 0 Å². The van der Waals surface area contributed by atoms with Crippen molar-refractivity contribution in [1.29, 1.82) is 0 Å². The van der Waals surface area contributed by atoms with E-state index < -0.39 is 8.07 Å². The molecule has 11 rings (SSSR count). The molecule has 0 saturated heterocycles. The molecule has 0 aliphatic rings. The van der Waals surface area contributed by atoms with E-state index in [9.17, 15) is 0 Å². The van der Waals surface area contributed by atoms with Gasteiger partial charge in [-0.05, 0) is 76.5 Å². The van der Waals surface area contributed by atoms with Crippen LogP contribution in [0.2, 0.25) is 19.6 Å². The van der Waals surface area contributed by atoms with E-state index in [2.05, 4.69) is 169 Å². The second-order valence-electron chi connectivity index (χ2n) is 17.6. The summed E-state index contributed by atoms with van der Waals surface area (Å²) in [6.07, 6.45) is 3.78. The third-order valence-electron chi connectivity index (χ3n) is 11.5. The molecule has 0 aliphatic carbocycles. The normalized spacial score (nSPS) is 11.9. The minimum atomic E-state index is -1.23. The van der Waals surface area contributed by atoms with Crippen molar-refractivity contribution in [3.63, 3.8) is 0 Å². The molecular formula is C54H45IrN5OSi-2. The van der Waals surface area contributed by atoms with Gasteiger partial charge in [0.15, 0.2) is 0 Å². The molecule has 0 fully saturated rings. The van der Waals surface area contributed by atoms with Crippen LogP contribution in [0.4, 0.5) is 0 Å². The summed E-state index contributed by atoms with van der Waals surface area (Å²) in [5.74, 6) is 0.776. The Hall–Kier alpha value is -6.44. The summed E-state index contributed by atoms with van der Waals surface area (Å²) >= 11 is 0. The van der Waals surface area contributed by atoms with Crippen LogP contribution in [0.3, 0.4) is 0 Å². The maximum absolute atomic E-state index is 6.35. The average Bonchev–Trinajstić information content (AvgIpc) is 3.96. The predicted octanol–water partition coefficient (Wildman–Crippen LogP) is 13.3. The number of hydrogen-bond donors (Lipinski definition) is 0. The van der Waals surface area contributed by atoms with Crippen molar-refractivity contribution in [2.45, 2.75) is 45.8 Å². The Bertz CT molecular complexity index is 3370. The Morgan fingerprint density at radius 2 is 1.35 bits per heavy atom. The summed E-state index contributed by atoms with van der Waals surface area (Å²) in [6, 6.07) is 59.4. The van der Waals surface area contributed by atoms with Gasteiger partial charge in [0, 0.05) is 60.0 Å². The zero-order valence-corrected chi connectivity index (χ0v) is 39.0. The number of nitrogens with zero attached hydrogens (tertiary/aromatic N) is 5. The van der Waals surface area contributed by atoms with Gasteiger partial charge < -0.3 is 18.5 Å². The van der Waals surface area contributed by atoms with E-state index in [-0.39, 0.29) is 25.5 Å². The number of aromatic nitrogens is 5. The van der Waals surface area contributed by atoms with Gasteiger partial charge in [0.05, 0.1) is 41.5 Å². The molecule has 11 aromatic rings. The van der Waals surface area contributed by atoms with Crippen molar-refractivity contribution in [2.24, 2.45) is 0 Å². The molecule has 0 unspecified atom stereocenters. The fraction of sp³-hybridized carbons (Fsp3) is 0.130.